The van der Waals surface area contributed by atoms with E-state index < -0.39 is 0 Å². The predicted octanol–water partition coefficient (Wildman–Crippen LogP) is 0.919. The number of nitrogens with one attached hydrogen (secondary N) is 1. The molecule has 1 aromatic rings. The van der Waals surface area contributed by atoms with Gasteiger partial charge in [0.15, 0.2) is 0 Å². The highest BCUT2D eigenvalue weighted by atomic mass is 16.3. The third-order valence-corrected chi connectivity index (χ3v) is 2.52. The van der Waals surface area contributed by atoms with E-state index in [2.05, 4.69) is 5.32 Å². The Bertz CT molecular complexity index is 308. The van der Waals surface area contributed by atoms with Crippen LogP contribution in [0.25, 0.3) is 0 Å². The van der Waals surface area contributed by atoms with Crippen LogP contribution in [0.5, 0.6) is 5.75 Å². The molecule has 1 heterocycles. The van der Waals surface area contributed by atoms with Crippen molar-refractivity contribution < 1.29 is 10.2 Å². The summed E-state index contributed by atoms with van der Waals surface area (Å²) in [6.45, 7) is 0.978. The molecule has 1 fully saturated rings. The van der Waals surface area contributed by atoms with Crippen LogP contribution in [0.3, 0.4) is 0 Å². The Morgan fingerprint density at radius 3 is 2.77 bits per heavy atom. The number of aliphatic hydroxyl groups is 1. The molecule has 1 aliphatic rings. The zero-order valence-corrected chi connectivity index (χ0v) is 7.33. The molecule has 0 bridgehead atoms. The predicted molar refractivity (Wildman–Crippen MR) is 49.4 cm³/mol. The van der Waals surface area contributed by atoms with Gasteiger partial charge in [-0.3, -0.25) is 0 Å². The summed E-state index contributed by atoms with van der Waals surface area (Å²) < 4.78 is 0. The third-order valence-electron chi connectivity index (χ3n) is 2.52. The number of phenols is 1. The summed E-state index contributed by atoms with van der Waals surface area (Å²) in [6, 6.07) is 5.48. The molecule has 13 heavy (non-hydrogen) atoms. The van der Waals surface area contributed by atoms with Crippen LogP contribution in [0, 0.1) is 0 Å². The maximum Gasteiger partial charge on any atom is 0.120 e. The molecule has 1 atom stereocenters. The van der Waals surface area contributed by atoms with Gasteiger partial charge < -0.3 is 15.5 Å². The van der Waals surface area contributed by atoms with Crippen molar-refractivity contribution >= 4 is 0 Å². The molecule has 1 unspecified atom stereocenters. The Labute approximate surface area is 77.0 Å². The van der Waals surface area contributed by atoms with Crippen molar-refractivity contribution in [2.45, 2.75) is 19.1 Å². The maximum atomic E-state index is 9.61. The average molecular weight is 179 g/mol. The van der Waals surface area contributed by atoms with Crippen LogP contribution in [0.1, 0.15) is 23.6 Å². The number of phenolic OH excluding ortho intramolecular Hbond substituents is 1. The van der Waals surface area contributed by atoms with Gasteiger partial charge in [-0.05, 0) is 24.6 Å². The first-order valence-corrected chi connectivity index (χ1v) is 4.48. The molecule has 2 rings (SSSR count). The topological polar surface area (TPSA) is 52.5 Å². The average Bonchev–Trinajstić information content (AvgIpc) is 2.05. The van der Waals surface area contributed by atoms with Crippen molar-refractivity contribution in [3.63, 3.8) is 0 Å². The quantitative estimate of drug-likeness (QED) is 0.632. The van der Waals surface area contributed by atoms with Gasteiger partial charge in [-0.2, -0.15) is 0 Å². The number of aromatic hydroxyl groups is 1. The highest BCUT2D eigenvalue weighted by Crippen LogP contribution is 2.33. The van der Waals surface area contributed by atoms with Crippen LogP contribution in [0.15, 0.2) is 18.2 Å². The number of aliphatic hydroxyl groups excluding tert-OH is 1. The van der Waals surface area contributed by atoms with E-state index in [1.807, 2.05) is 6.07 Å². The van der Waals surface area contributed by atoms with E-state index in [9.17, 15) is 5.11 Å². The lowest BCUT2D eigenvalue weighted by Crippen LogP contribution is -2.35. The van der Waals surface area contributed by atoms with E-state index in [1.165, 1.54) is 0 Å². The molecule has 1 saturated heterocycles. The fourth-order valence-electron chi connectivity index (χ4n) is 1.67. The summed E-state index contributed by atoms with van der Waals surface area (Å²) in [4.78, 5) is 0. The lowest BCUT2D eigenvalue weighted by atomic mass is 9.93. The summed E-state index contributed by atoms with van der Waals surface area (Å²) >= 11 is 0. The minimum absolute atomic E-state index is 0.0120. The van der Waals surface area contributed by atoms with Crippen LogP contribution < -0.4 is 5.32 Å². The molecule has 1 aromatic carbocycles. The van der Waals surface area contributed by atoms with E-state index in [0.29, 0.717) is 0 Å². The molecular weight excluding hydrogens is 166 g/mol. The molecule has 0 radical (unpaired) electrons. The van der Waals surface area contributed by atoms with Gasteiger partial charge >= 0.3 is 0 Å². The molecule has 3 heteroatoms. The van der Waals surface area contributed by atoms with Crippen LogP contribution in [-0.2, 0) is 6.61 Å². The number of rotatable bonds is 2. The van der Waals surface area contributed by atoms with Crippen LogP contribution in [0.4, 0.5) is 0 Å². The van der Waals surface area contributed by atoms with Crippen LogP contribution >= 0.6 is 0 Å². The summed E-state index contributed by atoms with van der Waals surface area (Å²) in [7, 11) is 0. The zero-order chi connectivity index (χ0) is 9.26. The van der Waals surface area contributed by atoms with Gasteiger partial charge in [0.05, 0.1) is 6.61 Å². The SMILES string of the molecule is OCc1cccc(O)c1C1CCN1. The van der Waals surface area contributed by atoms with E-state index in [1.54, 1.807) is 12.1 Å². The summed E-state index contributed by atoms with van der Waals surface area (Å²) in [5, 5.41) is 21.9. The van der Waals surface area contributed by atoms with Crippen molar-refractivity contribution in [1.29, 1.82) is 0 Å². The molecule has 0 saturated carbocycles. The largest absolute Gasteiger partial charge is 0.508 e. The standard InChI is InChI=1S/C10H13NO2/c12-6-7-2-1-3-9(13)10(7)8-4-5-11-8/h1-3,8,11-13H,4-6H2. The Kier molecular flexibility index (Phi) is 2.20. The van der Waals surface area contributed by atoms with Crippen molar-refractivity contribution in [1.82, 2.24) is 5.32 Å². The molecule has 0 spiro atoms. The molecule has 0 aliphatic carbocycles. The van der Waals surface area contributed by atoms with Crippen molar-refractivity contribution in [3.8, 4) is 5.75 Å². The monoisotopic (exact) mass is 179 g/mol. The number of hydrogen-bond acceptors (Lipinski definition) is 3. The number of hydrogen-bond donors (Lipinski definition) is 3. The highest BCUT2D eigenvalue weighted by Gasteiger charge is 2.23. The molecule has 3 N–H and O–H groups in total. The van der Waals surface area contributed by atoms with Crippen molar-refractivity contribution in [3.05, 3.63) is 29.3 Å². The van der Waals surface area contributed by atoms with Gasteiger partial charge in [0, 0.05) is 11.6 Å². The van der Waals surface area contributed by atoms with Gasteiger partial charge in [0.1, 0.15) is 5.75 Å². The van der Waals surface area contributed by atoms with Gasteiger partial charge in [-0.25, -0.2) is 0 Å². The van der Waals surface area contributed by atoms with Gasteiger partial charge in [-0.15, -0.1) is 0 Å². The van der Waals surface area contributed by atoms with E-state index in [4.69, 9.17) is 5.11 Å². The molecular formula is C10H13NO2. The van der Waals surface area contributed by atoms with Crippen LogP contribution in [0.2, 0.25) is 0 Å². The molecule has 0 aromatic heterocycles. The van der Waals surface area contributed by atoms with Crippen molar-refractivity contribution in [2.75, 3.05) is 6.54 Å². The molecule has 70 valence electrons. The van der Waals surface area contributed by atoms with E-state index >= 15 is 0 Å². The molecule has 1 aliphatic heterocycles. The Morgan fingerprint density at radius 1 is 1.46 bits per heavy atom. The summed E-state index contributed by atoms with van der Waals surface area (Å²) in [5.41, 5.74) is 1.67. The van der Waals surface area contributed by atoms with Gasteiger partial charge in [0.25, 0.3) is 0 Å². The first-order valence-electron chi connectivity index (χ1n) is 4.48. The minimum atomic E-state index is -0.0120. The summed E-state index contributed by atoms with van der Waals surface area (Å²) in [5.74, 6) is 0.281. The first kappa shape index (κ1) is 8.53. The minimum Gasteiger partial charge on any atom is -0.508 e. The second-order valence-electron chi connectivity index (χ2n) is 3.30. The number of benzene rings is 1. The van der Waals surface area contributed by atoms with E-state index in [0.717, 1.165) is 24.1 Å². The molecule has 0 amide bonds. The second kappa shape index (κ2) is 3.36. The second-order valence-corrected chi connectivity index (χ2v) is 3.30. The van der Waals surface area contributed by atoms with E-state index in [-0.39, 0.29) is 18.4 Å². The molecule has 3 nitrogen and oxygen atoms in total. The lowest BCUT2D eigenvalue weighted by Gasteiger charge is -2.30. The third kappa shape index (κ3) is 1.41. The maximum absolute atomic E-state index is 9.61. The van der Waals surface area contributed by atoms with Gasteiger partial charge in [0.2, 0.25) is 0 Å². The van der Waals surface area contributed by atoms with Gasteiger partial charge in [-0.1, -0.05) is 12.1 Å². The lowest BCUT2D eigenvalue weighted by molar-refractivity contribution is 0.273. The highest BCUT2D eigenvalue weighted by molar-refractivity contribution is 5.42. The summed E-state index contributed by atoms with van der Waals surface area (Å²) in [6.07, 6.45) is 1.03. The van der Waals surface area contributed by atoms with Crippen molar-refractivity contribution in [2.24, 2.45) is 0 Å². The smallest absolute Gasteiger partial charge is 0.120 e. The fourth-order valence-corrected chi connectivity index (χ4v) is 1.67. The zero-order valence-electron chi connectivity index (χ0n) is 7.33. The normalized spacial score (nSPS) is 21.2. The fraction of sp³-hybridized carbons (Fsp3) is 0.400. The Morgan fingerprint density at radius 2 is 2.23 bits per heavy atom. The Hall–Kier alpha value is -1.06. The first-order chi connectivity index (χ1) is 6.33. The Balaban J connectivity index is 2.39. The van der Waals surface area contributed by atoms with Crippen LogP contribution in [-0.4, -0.2) is 16.8 Å².